The van der Waals surface area contributed by atoms with Gasteiger partial charge in [0, 0.05) is 23.7 Å². The van der Waals surface area contributed by atoms with Gasteiger partial charge in [-0.15, -0.1) is 0 Å². The van der Waals surface area contributed by atoms with Crippen molar-refractivity contribution in [3.8, 4) is 0 Å². The predicted octanol–water partition coefficient (Wildman–Crippen LogP) is 2.78. The zero-order valence-corrected chi connectivity index (χ0v) is 13.9. The van der Waals surface area contributed by atoms with E-state index in [9.17, 15) is 5.11 Å². The Hall–Kier alpha value is -0.120. The van der Waals surface area contributed by atoms with E-state index in [0.29, 0.717) is 12.1 Å². The molecule has 2 aliphatic rings. The standard InChI is InChI=1S/C17H34N2O/c1-13-6-5-7-16(10-13)19(4)14(2)11-17(3,12-20)18-15-8-9-15/h13-16,18,20H,5-12H2,1-4H3. The second-order valence-corrected chi connectivity index (χ2v) is 7.78. The molecule has 4 unspecified atom stereocenters. The van der Waals surface area contributed by atoms with Crippen molar-refractivity contribution in [3.63, 3.8) is 0 Å². The molecule has 20 heavy (non-hydrogen) atoms. The Morgan fingerprint density at radius 2 is 2.00 bits per heavy atom. The summed E-state index contributed by atoms with van der Waals surface area (Å²) in [6.07, 6.45) is 9.04. The van der Waals surface area contributed by atoms with Crippen LogP contribution in [0.25, 0.3) is 0 Å². The third-order valence-corrected chi connectivity index (χ3v) is 5.40. The van der Waals surface area contributed by atoms with Crippen LogP contribution in [0.5, 0.6) is 0 Å². The van der Waals surface area contributed by atoms with Crippen molar-refractivity contribution in [2.75, 3.05) is 13.7 Å². The first-order chi connectivity index (χ1) is 9.43. The molecule has 0 amide bonds. The topological polar surface area (TPSA) is 35.5 Å². The average Bonchev–Trinajstić information content (AvgIpc) is 3.21. The number of hydrogen-bond acceptors (Lipinski definition) is 3. The fraction of sp³-hybridized carbons (Fsp3) is 1.00. The van der Waals surface area contributed by atoms with Gasteiger partial charge in [0.2, 0.25) is 0 Å². The van der Waals surface area contributed by atoms with Crippen molar-refractivity contribution >= 4 is 0 Å². The number of hydrogen-bond donors (Lipinski definition) is 2. The lowest BCUT2D eigenvalue weighted by atomic mass is 9.85. The molecule has 2 aliphatic carbocycles. The first-order valence-electron chi connectivity index (χ1n) is 8.54. The molecule has 0 aromatic carbocycles. The van der Waals surface area contributed by atoms with E-state index in [2.05, 4.69) is 38.0 Å². The molecule has 0 saturated heterocycles. The quantitative estimate of drug-likeness (QED) is 0.754. The summed E-state index contributed by atoms with van der Waals surface area (Å²) < 4.78 is 0. The molecule has 3 nitrogen and oxygen atoms in total. The highest BCUT2D eigenvalue weighted by atomic mass is 16.3. The van der Waals surface area contributed by atoms with Crippen LogP contribution in [0.15, 0.2) is 0 Å². The van der Waals surface area contributed by atoms with Crippen LogP contribution in [-0.2, 0) is 0 Å². The van der Waals surface area contributed by atoms with Crippen LogP contribution < -0.4 is 5.32 Å². The largest absolute Gasteiger partial charge is 0.394 e. The van der Waals surface area contributed by atoms with Crippen LogP contribution in [0, 0.1) is 5.92 Å². The minimum Gasteiger partial charge on any atom is -0.394 e. The first kappa shape index (κ1) is 16.3. The molecule has 0 aromatic heterocycles. The lowest BCUT2D eigenvalue weighted by Gasteiger charge is -2.41. The lowest BCUT2D eigenvalue weighted by molar-refractivity contribution is 0.0825. The summed E-state index contributed by atoms with van der Waals surface area (Å²) in [4.78, 5) is 2.57. The van der Waals surface area contributed by atoms with E-state index >= 15 is 0 Å². The molecule has 0 bridgehead atoms. The fourth-order valence-electron chi connectivity index (χ4n) is 3.82. The van der Waals surface area contributed by atoms with Gasteiger partial charge in [0.15, 0.2) is 0 Å². The Labute approximate surface area is 125 Å². The van der Waals surface area contributed by atoms with Gasteiger partial charge in [-0.05, 0) is 58.9 Å². The number of rotatable bonds is 7. The molecular weight excluding hydrogens is 248 g/mol. The first-order valence-corrected chi connectivity index (χ1v) is 8.54. The van der Waals surface area contributed by atoms with Crippen molar-refractivity contribution in [3.05, 3.63) is 0 Å². The van der Waals surface area contributed by atoms with Gasteiger partial charge in [-0.25, -0.2) is 0 Å². The Balaban J connectivity index is 1.86. The van der Waals surface area contributed by atoms with Gasteiger partial charge in [0.25, 0.3) is 0 Å². The maximum atomic E-state index is 9.76. The Kier molecular flexibility index (Phi) is 5.49. The van der Waals surface area contributed by atoms with E-state index < -0.39 is 0 Å². The van der Waals surface area contributed by atoms with Gasteiger partial charge in [0.05, 0.1) is 6.61 Å². The van der Waals surface area contributed by atoms with E-state index in [1.165, 1.54) is 38.5 Å². The van der Waals surface area contributed by atoms with Crippen molar-refractivity contribution < 1.29 is 5.11 Å². The van der Waals surface area contributed by atoms with Crippen LogP contribution in [0.1, 0.15) is 65.7 Å². The molecule has 2 N–H and O–H groups in total. The molecule has 0 heterocycles. The molecular formula is C17H34N2O. The molecule has 0 aliphatic heterocycles. The SMILES string of the molecule is CC1CCCC(N(C)C(C)CC(C)(CO)NC2CC2)C1. The number of aliphatic hydroxyl groups is 1. The molecule has 0 radical (unpaired) electrons. The predicted molar refractivity (Wildman–Crippen MR) is 84.9 cm³/mol. The third-order valence-electron chi connectivity index (χ3n) is 5.40. The van der Waals surface area contributed by atoms with Gasteiger partial charge in [-0.2, -0.15) is 0 Å². The Morgan fingerprint density at radius 3 is 2.55 bits per heavy atom. The monoisotopic (exact) mass is 282 g/mol. The highest BCUT2D eigenvalue weighted by Gasteiger charge is 2.35. The van der Waals surface area contributed by atoms with Crippen LogP contribution in [0.3, 0.4) is 0 Å². The van der Waals surface area contributed by atoms with E-state index in [4.69, 9.17) is 0 Å². The molecule has 3 heteroatoms. The van der Waals surface area contributed by atoms with Crippen molar-refractivity contribution in [1.29, 1.82) is 0 Å². The molecule has 2 rings (SSSR count). The van der Waals surface area contributed by atoms with Crippen LogP contribution in [0.4, 0.5) is 0 Å². The molecule has 2 fully saturated rings. The summed E-state index contributed by atoms with van der Waals surface area (Å²) in [5.41, 5.74) is -0.116. The Morgan fingerprint density at radius 1 is 1.30 bits per heavy atom. The smallest absolute Gasteiger partial charge is 0.0611 e. The van der Waals surface area contributed by atoms with Gasteiger partial charge < -0.3 is 15.3 Å². The highest BCUT2D eigenvalue weighted by Crippen LogP contribution is 2.30. The van der Waals surface area contributed by atoms with Crippen LogP contribution in [-0.4, -0.2) is 47.3 Å². The summed E-state index contributed by atoms with van der Waals surface area (Å²) >= 11 is 0. The third kappa shape index (κ3) is 4.44. The zero-order valence-electron chi connectivity index (χ0n) is 13.9. The van der Waals surface area contributed by atoms with E-state index in [1.54, 1.807) is 0 Å². The number of nitrogens with one attached hydrogen (secondary N) is 1. The maximum absolute atomic E-state index is 9.76. The van der Waals surface area contributed by atoms with Crippen molar-refractivity contribution in [2.24, 2.45) is 5.92 Å². The summed E-state index contributed by atoms with van der Waals surface area (Å²) in [6, 6.07) is 1.91. The van der Waals surface area contributed by atoms with Crippen molar-refractivity contribution in [2.45, 2.75) is 89.4 Å². The molecule has 118 valence electrons. The van der Waals surface area contributed by atoms with Crippen LogP contribution in [0.2, 0.25) is 0 Å². The minimum absolute atomic E-state index is 0.116. The summed E-state index contributed by atoms with van der Waals surface area (Å²) in [6.45, 7) is 7.13. The molecule has 0 spiro atoms. The number of nitrogens with zero attached hydrogens (tertiary/aromatic N) is 1. The molecule has 2 saturated carbocycles. The second-order valence-electron chi connectivity index (χ2n) is 7.78. The van der Waals surface area contributed by atoms with Gasteiger partial charge in [0.1, 0.15) is 0 Å². The Bertz CT molecular complexity index is 305. The normalized spacial score (nSPS) is 32.1. The summed E-state index contributed by atoms with van der Waals surface area (Å²) in [5.74, 6) is 0.872. The second kappa shape index (κ2) is 6.76. The highest BCUT2D eigenvalue weighted by molar-refractivity contribution is 4.95. The van der Waals surface area contributed by atoms with E-state index in [1.807, 2.05) is 0 Å². The fourth-order valence-corrected chi connectivity index (χ4v) is 3.82. The molecule has 0 aromatic rings. The van der Waals surface area contributed by atoms with Crippen molar-refractivity contribution in [1.82, 2.24) is 10.2 Å². The van der Waals surface area contributed by atoms with E-state index in [-0.39, 0.29) is 12.1 Å². The van der Waals surface area contributed by atoms with Crippen LogP contribution >= 0.6 is 0 Å². The minimum atomic E-state index is -0.116. The number of aliphatic hydroxyl groups excluding tert-OH is 1. The molecule has 4 atom stereocenters. The van der Waals surface area contributed by atoms with E-state index in [0.717, 1.165) is 18.4 Å². The van der Waals surface area contributed by atoms with Gasteiger partial charge in [-0.3, -0.25) is 0 Å². The maximum Gasteiger partial charge on any atom is 0.0611 e. The van der Waals surface area contributed by atoms with Gasteiger partial charge >= 0.3 is 0 Å². The summed E-state index contributed by atoms with van der Waals surface area (Å²) in [5, 5.41) is 13.4. The lowest BCUT2D eigenvalue weighted by Crippen LogP contribution is -2.52. The average molecular weight is 282 g/mol. The summed E-state index contributed by atoms with van der Waals surface area (Å²) in [7, 11) is 2.28. The van der Waals surface area contributed by atoms with Gasteiger partial charge in [-0.1, -0.05) is 19.8 Å². The zero-order chi connectivity index (χ0) is 14.8.